The molecule has 3 aromatic rings. The highest BCUT2D eigenvalue weighted by molar-refractivity contribution is 5.81. The van der Waals surface area contributed by atoms with E-state index in [0.717, 1.165) is 33.7 Å². The second kappa shape index (κ2) is 21.6. The van der Waals surface area contributed by atoms with Crippen LogP contribution in [-0.2, 0) is 0 Å². The molecule has 2 aromatic carbocycles. The van der Waals surface area contributed by atoms with Gasteiger partial charge in [-0.3, -0.25) is 0 Å². The quantitative estimate of drug-likeness (QED) is 0.175. The van der Waals surface area contributed by atoms with E-state index in [-0.39, 0.29) is 8.56 Å². The van der Waals surface area contributed by atoms with Crippen molar-refractivity contribution in [3.05, 3.63) is 64.7 Å². The maximum Gasteiger partial charge on any atom is 0.0922 e. The van der Waals surface area contributed by atoms with Gasteiger partial charge >= 0.3 is 0 Å². The zero-order valence-electron chi connectivity index (χ0n) is 22.3. The Balaban J connectivity index is -0.000000154. The van der Waals surface area contributed by atoms with Gasteiger partial charge in [-0.15, -0.1) is 24.8 Å². The number of nitrogens with one attached hydrogen (secondary N) is 2. The van der Waals surface area contributed by atoms with Crippen LogP contribution in [0, 0.1) is 132 Å². The number of anilines is 1. The van der Waals surface area contributed by atoms with Crippen molar-refractivity contribution in [3.63, 3.8) is 0 Å². The molecule has 0 atom stereocenters. The summed E-state index contributed by atoms with van der Waals surface area (Å²) in [6.45, 7) is 2.48. The molecule has 1 heterocycles. The molecule has 6 heteroatoms. The van der Waals surface area contributed by atoms with Crippen LogP contribution in [-0.4, -0.2) is 16.5 Å². The van der Waals surface area contributed by atoms with E-state index in [4.69, 9.17) is 35.3 Å². The average Bonchev–Trinajstić information content (AvgIpc) is 3.01. The molecular formula is C36H30N6. The summed E-state index contributed by atoms with van der Waals surface area (Å²) in [6.07, 6.45) is 15.0. The van der Waals surface area contributed by atoms with Gasteiger partial charge < -0.3 is 5.32 Å². The van der Waals surface area contributed by atoms with Gasteiger partial charge in [0, 0.05) is 19.8 Å². The molecule has 0 aliphatic heterocycles. The van der Waals surface area contributed by atoms with Gasteiger partial charge in [-0.1, -0.05) is 36.3 Å². The first-order chi connectivity index (χ1) is 20.6. The van der Waals surface area contributed by atoms with Gasteiger partial charge in [-0.2, -0.15) is 0 Å². The Morgan fingerprint density at radius 2 is 1.21 bits per heavy atom. The van der Waals surface area contributed by atoms with Gasteiger partial charge in [0.2, 0.25) is 0 Å². The lowest BCUT2D eigenvalue weighted by Gasteiger charge is -2.08. The Bertz CT molecular complexity index is 1990. The molecule has 0 amide bonds. The van der Waals surface area contributed by atoms with Crippen LogP contribution in [0.5, 0.6) is 0 Å². The van der Waals surface area contributed by atoms with E-state index in [2.05, 4.69) is 111 Å². The maximum absolute atomic E-state index is 6.86. The van der Waals surface area contributed by atoms with Crippen LogP contribution in [0.25, 0.3) is 32.7 Å². The minimum absolute atomic E-state index is 0. The van der Waals surface area contributed by atoms with Gasteiger partial charge in [0.05, 0.1) is 29.0 Å². The van der Waals surface area contributed by atoms with Crippen LogP contribution in [0.1, 0.15) is 14.3 Å². The minimum atomic E-state index is 0. The van der Waals surface area contributed by atoms with Crippen molar-refractivity contribution in [1.29, 1.82) is 5.53 Å². The molecule has 1 aromatic heterocycles. The molecule has 42 heavy (non-hydrogen) atoms. The van der Waals surface area contributed by atoms with E-state index >= 15 is 0 Å². The molecule has 204 valence electrons. The fraction of sp³-hybridized carbons (Fsp3) is 0.0556. The normalized spacial score (nSPS) is 6.90. The highest BCUT2D eigenvalue weighted by Crippen LogP contribution is 2.24. The lowest BCUT2D eigenvalue weighted by atomic mass is 10.1. The molecule has 0 saturated carbocycles. The fourth-order valence-corrected chi connectivity index (χ4v) is 2.72. The van der Waals surface area contributed by atoms with Gasteiger partial charge in [-0.05, 0) is 130 Å². The van der Waals surface area contributed by atoms with Crippen molar-refractivity contribution in [2.75, 3.05) is 11.9 Å². The molecule has 0 fully saturated rings. The topological polar surface area (TPSA) is 98.1 Å². The number of aromatic nitrogens is 2. The van der Waals surface area contributed by atoms with E-state index < -0.39 is 0 Å². The summed E-state index contributed by atoms with van der Waals surface area (Å²) in [4.78, 5) is 11.2. The highest BCUT2D eigenvalue weighted by Gasteiger charge is 2.07. The SMILES string of the molecule is C#CC#CC#CC#CC#CC#CC#CC#CC#C.C#CCNc1ccc2nc(C)c(-c3ccccc3)nc2c1.[HH].[HH].[HH].[HH].[HH].[HH].[N-]=[N+]=N. The van der Waals surface area contributed by atoms with Crippen molar-refractivity contribution in [1.82, 2.24) is 9.97 Å². The molecule has 0 saturated heterocycles. The Hall–Kier alpha value is -7.51. The molecule has 0 radical (unpaired) electrons. The van der Waals surface area contributed by atoms with Gasteiger partial charge in [0.15, 0.2) is 0 Å². The number of nitrogens with zero attached hydrogens (tertiary/aromatic N) is 4. The fourth-order valence-electron chi connectivity index (χ4n) is 2.72. The number of benzene rings is 2. The van der Waals surface area contributed by atoms with Crippen LogP contribution in [0.3, 0.4) is 0 Å². The number of hydrogen-bond acceptors (Lipinski definition) is 4. The summed E-state index contributed by atoms with van der Waals surface area (Å²) >= 11 is 0. The van der Waals surface area contributed by atoms with Crippen LogP contribution in [0.4, 0.5) is 5.69 Å². The predicted molar refractivity (Wildman–Crippen MR) is 181 cm³/mol. The third-order valence-electron chi connectivity index (χ3n) is 4.24. The van der Waals surface area contributed by atoms with Crippen LogP contribution < -0.4 is 5.32 Å². The maximum atomic E-state index is 6.86. The van der Waals surface area contributed by atoms with E-state index in [9.17, 15) is 0 Å². The van der Waals surface area contributed by atoms with Crippen molar-refractivity contribution in [2.45, 2.75) is 6.92 Å². The van der Waals surface area contributed by atoms with E-state index in [1.54, 1.807) is 4.91 Å². The second-order valence-corrected chi connectivity index (χ2v) is 6.92. The molecule has 0 unspecified atom stereocenters. The van der Waals surface area contributed by atoms with Gasteiger partial charge in [0.1, 0.15) is 0 Å². The number of aryl methyl sites for hydroxylation is 1. The van der Waals surface area contributed by atoms with E-state index in [1.807, 2.05) is 55.5 Å². The number of rotatable bonds is 3. The first-order valence-electron chi connectivity index (χ1n) is 11.5. The lowest BCUT2D eigenvalue weighted by Crippen LogP contribution is -1.99. The molecule has 6 nitrogen and oxygen atoms in total. The Morgan fingerprint density at radius 1 is 0.738 bits per heavy atom. The number of terminal acetylenes is 3. The second-order valence-electron chi connectivity index (χ2n) is 6.92. The average molecular weight is 547 g/mol. The molecule has 2 N–H and O–H groups in total. The first kappa shape index (κ1) is 32.5. The third kappa shape index (κ3) is 13.7. The molecule has 0 aliphatic rings. The number of hydrogen-bond donors (Lipinski definition) is 2. The lowest BCUT2D eigenvalue weighted by molar-refractivity contribution is 1.19. The predicted octanol–water partition coefficient (Wildman–Crippen LogP) is 6.28. The van der Waals surface area contributed by atoms with Gasteiger partial charge in [-0.25, -0.2) is 9.97 Å². The molecule has 0 spiro atoms. The van der Waals surface area contributed by atoms with Crippen LogP contribution in [0.2, 0.25) is 0 Å². The summed E-state index contributed by atoms with van der Waals surface area (Å²) in [5, 5.41) is 3.16. The third-order valence-corrected chi connectivity index (χ3v) is 4.24. The largest absolute Gasteiger partial charge is 0.374 e. The van der Waals surface area contributed by atoms with Crippen LogP contribution >= 0.6 is 0 Å². The Labute approximate surface area is 255 Å². The van der Waals surface area contributed by atoms with Crippen molar-refractivity contribution in [2.24, 2.45) is 0 Å². The van der Waals surface area contributed by atoms with Crippen molar-refractivity contribution in [3.8, 4) is 131 Å². The standard InChI is InChI=1S/C18H15N3.C18H2.HN3.6H2/c1-3-11-19-15-9-10-16-17(12-15)21-18(13(2)20-16)14-7-5-4-6-8-14;1-3-5-7-9-11-13-15-17-18-16-14-12-10-8-6-4-2;1-3-2;;;;;;/h1,4-10,12,19H,11H2,2H3;1-2H;1H;6*1H. The highest BCUT2D eigenvalue weighted by atomic mass is 15.0. The summed E-state index contributed by atoms with van der Waals surface area (Å²) < 4.78 is 0. The summed E-state index contributed by atoms with van der Waals surface area (Å²) in [6, 6.07) is 16.0. The van der Waals surface area contributed by atoms with E-state index in [1.165, 1.54) is 0 Å². The summed E-state index contributed by atoms with van der Waals surface area (Å²) in [7, 11) is 0. The van der Waals surface area contributed by atoms with Gasteiger partial charge in [0.25, 0.3) is 0 Å². The minimum Gasteiger partial charge on any atom is -0.374 e. The molecular weight excluding hydrogens is 516 g/mol. The monoisotopic (exact) mass is 546 g/mol. The first-order valence-corrected chi connectivity index (χ1v) is 11.5. The van der Waals surface area contributed by atoms with Crippen molar-refractivity contribution < 1.29 is 8.56 Å². The van der Waals surface area contributed by atoms with Crippen molar-refractivity contribution >= 4 is 16.7 Å². The smallest absolute Gasteiger partial charge is 0.0922 e. The molecule has 0 bridgehead atoms. The number of fused-ring (bicyclic) bond motifs is 1. The van der Waals surface area contributed by atoms with E-state index in [0.29, 0.717) is 6.54 Å². The Morgan fingerprint density at radius 3 is 1.67 bits per heavy atom. The van der Waals surface area contributed by atoms with Crippen LogP contribution in [0.15, 0.2) is 48.5 Å². The molecule has 3 rings (SSSR count). The zero-order valence-corrected chi connectivity index (χ0v) is 22.3. The summed E-state index contributed by atoms with van der Waals surface area (Å²) in [5.41, 5.74) is 17.9. The zero-order chi connectivity index (χ0) is 30.7. The Kier molecular flexibility index (Phi) is 16.7. The molecule has 0 aliphatic carbocycles. The summed E-state index contributed by atoms with van der Waals surface area (Å²) in [5.74, 6) is 40.8.